The summed E-state index contributed by atoms with van der Waals surface area (Å²) in [5.74, 6) is 0.138. The van der Waals surface area contributed by atoms with Gasteiger partial charge in [-0.3, -0.25) is 9.69 Å². The molecule has 100 valence electrons. The Balaban J connectivity index is 1.75. The van der Waals surface area contributed by atoms with Crippen molar-refractivity contribution in [3.63, 3.8) is 0 Å². The number of anilines is 1. The Morgan fingerprint density at radius 3 is 2.79 bits per heavy atom. The van der Waals surface area contributed by atoms with Crippen LogP contribution in [0, 0.1) is 0 Å². The number of carbonyl (C=O) groups is 1. The fourth-order valence-corrected chi connectivity index (χ4v) is 2.40. The first-order chi connectivity index (χ1) is 9.24. The van der Waals surface area contributed by atoms with E-state index in [0.717, 1.165) is 37.5 Å². The molecule has 0 aromatic carbocycles. The summed E-state index contributed by atoms with van der Waals surface area (Å²) in [5.41, 5.74) is 0.981. The molecule has 1 aliphatic heterocycles. The second-order valence-corrected chi connectivity index (χ2v) is 4.57. The van der Waals surface area contributed by atoms with Crippen LogP contribution >= 0.6 is 0 Å². The van der Waals surface area contributed by atoms with E-state index in [4.69, 9.17) is 5.11 Å². The van der Waals surface area contributed by atoms with Gasteiger partial charge < -0.3 is 10.0 Å². The lowest BCUT2D eigenvalue weighted by Gasteiger charge is -2.34. The van der Waals surface area contributed by atoms with Gasteiger partial charge in [-0.05, 0) is 6.07 Å². The van der Waals surface area contributed by atoms with Gasteiger partial charge in [0.25, 0.3) is 0 Å². The molecular formula is C12H15N5O2. The fraction of sp³-hybridized carbons (Fsp3) is 0.417. The zero-order valence-corrected chi connectivity index (χ0v) is 10.4. The molecule has 0 bridgehead atoms. The first-order valence-corrected chi connectivity index (χ1v) is 6.21. The van der Waals surface area contributed by atoms with Gasteiger partial charge in [0.2, 0.25) is 0 Å². The van der Waals surface area contributed by atoms with Crippen molar-refractivity contribution in [2.45, 2.75) is 0 Å². The Kier molecular flexibility index (Phi) is 3.04. The first kappa shape index (κ1) is 11.9. The zero-order chi connectivity index (χ0) is 13.2. The number of aliphatic carboxylic acids is 1. The Morgan fingerprint density at radius 1 is 1.26 bits per heavy atom. The predicted octanol–water partition coefficient (Wildman–Crippen LogP) is -0.0641. The monoisotopic (exact) mass is 261 g/mol. The van der Waals surface area contributed by atoms with Crippen molar-refractivity contribution in [1.82, 2.24) is 19.5 Å². The molecule has 0 aliphatic carbocycles. The molecule has 0 saturated carbocycles. The van der Waals surface area contributed by atoms with Crippen molar-refractivity contribution in [1.29, 1.82) is 0 Å². The summed E-state index contributed by atoms with van der Waals surface area (Å²) in [7, 11) is 0. The van der Waals surface area contributed by atoms with Crippen LogP contribution in [0.2, 0.25) is 0 Å². The van der Waals surface area contributed by atoms with E-state index in [1.165, 1.54) is 0 Å². The van der Waals surface area contributed by atoms with Crippen LogP contribution in [0.1, 0.15) is 0 Å². The van der Waals surface area contributed by atoms with Gasteiger partial charge in [-0.15, -0.1) is 0 Å². The van der Waals surface area contributed by atoms with Gasteiger partial charge in [-0.1, -0.05) is 0 Å². The SMILES string of the molecule is O=C(O)CN1CCN(c2nccn3nccc23)CC1. The first-order valence-electron chi connectivity index (χ1n) is 6.21. The molecule has 19 heavy (non-hydrogen) atoms. The van der Waals surface area contributed by atoms with E-state index in [0.29, 0.717) is 0 Å². The third-order valence-electron chi connectivity index (χ3n) is 3.33. The summed E-state index contributed by atoms with van der Waals surface area (Å²) in [5, 5.41) is 13.0. The number of aromatic nitrogens is 3. The van der Waals surface area contributed by atoms with E-state index in [1.807, 2.05) is 17.2 Å². The van der Waals surface area contributed by atoms with Crippen LogP contribution < -0.4 is 4.90 Å². The molecule has 7 nitrogen and oxygen atoms in total. The van der Waals surface area contributed by atoms with Crippen LogP contribution in [0.3, 0.4) is 0 Å². The highest BCUT2D eigenvalue weighted by atomic mass is 16.4. The lowest BCUT2D eigenvalue weighted by Crippen LogP contribution is -2.48. The zero-order valence-electron chi connectivity index (χ0n) is 10.4. The average Bonchev–Trinajstić information content (AvgIpc) is 2.87. The summed E-state index contributed by atoms with van der Waals surface area (Å²) < 4.78 is 1.80. The fourth-order valence-electron chi connectivity index (χ4n) is 2.40. The molecule has 2 aromatic heterocycles. The van der Waals surface area contributed by atoms with Gasteiger partial charge in [0, 0.05) is 38.6 Å². The van der Waals surface area contributed by atoms with E-state index in [2.05, 4.69) is 15.0 Å². The highest BCUT2D eigenvalue weighted by Gasteiger charge is 2.21. The molecule has 0 atom stereocenters. The molecule has 1 fully saturated rings. The predicted molar refractivity (Wildman–Crippen MR) is 69.3 cm³/mol. The number of fused-ring (bicyclic) bond motifs is 1. The molecule has 1 saturated heterocycles. The Bertz CT molecular complexity index is 589. The molecule has 0 spiro atoms. The van der Waals surface area contributed by atoms with Crippen molar-refractivity contribution in [3.8, 4) is 0 Å². The number of carboxylic acid groups (broad SMARTS) is 1. The van der Waals surface area contributed by atoms with Crippen LogP contribution in [-0.2, 0) is 4.79 Å². The van der Waals surface area contributed by atoms with Crippen molar-refractivity contribution in [3.05, 3.63) is 24.7 Å². The number of nitrogens with zero attached hydrogens (tertiary/aromatic N) is 5. The van der Waals surface area contributed by atoms with E-state index >= 15 is 0 Å². The summed E-state index contributed by atoms with van der Waals surface area (Å²) in [6.45, 7) is 3.15. The van der Waals surface area contributed by atoms with Crippen molar-refractivity contribution in [2.24, 2.45) is 0 Å². The maximum atomic E-state index is 10.7. The van der Waals surface area contributed by atoms with Crippen LogP contribution in [0.4, 0.5) is 5.82 Å². The largest absolute Gasteiger partial charge is 0.480 e. The van der Waals surface area contributed by atoms with E-state index < -0.39 is 5.97 Å². The maximum absolute atomic E-state index is 10.7. The lowest BCUT2D eigenvalue weighted by atomic mass is 10.3. The van der Waals surface area contributed by atoms with Crippen LogP contribution in [0.15, 0.2) is 24.7 Å². The molecule has 2 aromatic rings. The van der Waals surface area contributed by atoms with E-state index in [-0.39, 0.29) is 6.54 Å². The second-order valence-electron chi connectivity index (χ2n) is 4.57. The second kappa shape index (κ2) is 4.85. The third-order valence-corrected chi connectivity index (χ3v) is 3.33. The third kappa shape index (κ3) is 2.37. The molecule has 3 heterocycles. The van der Waals surface area contributed by atoms with Gasteiger partial charge in [0.1, 0.15) is 5.52 Å². The van der Waals surface area contributed by atoms with Crippen molar-refractivity contribution in [2.75, 3.05) is 37.6 Å². The Hall–Kier alpha value is -2.15. The number of hydrogen-bond acceptors (Lipinski definition) is 5. The summed E-state index contributed by atoms with van der Waals surface area (Å²) in [6.07, 6.45) is 5.31. The summed E-state index contributed by atoms with van der Waals surface area (Å²) in [6, 6.07) is 1.94. The number of carboxylic acids is 1. The topological polar surface area (TPSA) is 74.0 Å². The lowest BCUT2D eigenvalue weighted by molar-refractivity contribution is -0.138. The normalized spacial score (nSPS) is 16.9. The minimum Gasteiger partial charge on any atom is -0.480 e. The van der Waals surface area contributed by atoms with Crippen molar-refractivity contribution >= 4 is 17.3 Å². The molecule has 0 radical (unpaired) electrons. The molecule has 0 unspecified atom stereocenters. The number of rotatable bonds is 3. The molecule has 1 aliphatic rings. The highest BCUT2D eigenvalue weighted by molar-refractivity contribution is 5.70. The van der Waals surface area contributed by atoms with Gasteiger partial charge in [0.15, 0.2) is 5.82 Å². The summed E-state index contributed by atoms with van der Waals surface area (Å²) in [4.78, 5) is 19.2. The van der Waals surface area contributed by atoms with E-state index in [1.54, 1.807) is 16.9 Å². The number of hydrogen-bond donors (Lipinski definition) is 1. The molecule has 7 heteroatoms. The van der Waals surface area contributed by atoms with Gasteiger partial charge in [0.05, 0.1) is 12.7 Å². The van der Waals surface area contributed by atoms with Crippen molar-refractivity contribution < 1.29 is 9.90 Å². The molecule has 0 amide bonds. The van der Waals surface area contributed by atoms with Gasteiger partial charge in [-0.2, -0.15) is 5.10 Å². The Morgan fingerprint density at radius 2 is 2.05 bits per heavy atom. The maximum Gasteiger partial charge on any atom is 0.317 e. The smallest absolute Gasteiger partial charge is 0.317 e. The van der Waals surface area contributed by atoms with Crippen LogP contribution in [0.25, 0.3) is 5.52 Å². The minimum atomic E-state index is -0.774. The van der Waals surface area contributed by atoms with Crippen LogP contribution in [-0.4, -0.2) is 63.3 Å². The molecule has 1 N–H and O–H groups in total. The van der Waals surface area contributed by atoms with Crippen LogP contribution in [0.5, 0.6) is 0 Å². The standard InChI is InChI=1S/C12H15N5O2/c18-11(19)9-15-5-7-16(8-6-15)12-10-1-2-14-17(10)4-3-13-12/h1-4H,5-9H2,(H,18,19). The van der Waals surface area contributed by atoms with Gasteiger partial charge >= 0.3 is 5.97 Å². The highest BCUT2D eigenvalue weighted by Crippen LogP contribution is 2.19. The average molecular weight is 261 g/mol. The molecular weight excluding hydrogens is 246 g/mol. The minimum absolute atomic E-state index is 0.109. The Labute approximate surface area is 110 Å². The quantitative estimate of drug-likeness (QED) is 0.834. The number of piperazine rings is 1. The molecule has 3 rings (SSSR count). The van der Waals surface area contributed by atoms with Gasteiger partial charge in [-0.25, -0.2) is 9.50 Å². The summed E-state index contributed by atoms with van der Waals surface area (Å²) >= 11 is 0. The van der Waals surface area contributed by atoms with E-state index in [9.17, 15) is 4.79 Å².